The molecule has 1 aromatic carbocycles. The first kappa shape index (κ1) is 16.1. The molecule has 1 atom stereocenters. The Hall–Kier alpha value is -2.80. The van der Waals surface area contributed by atoms with Gasteiger partial charge in [-0.15, -0.1) is 5.10 Å². The number of nitrogens with one attached hydrogen (secondary N) is 1. The molecule has 0 fully saturated rings. The summed E-state index contributed by atoms with van der Waals surface area (Å²) in [5, 5.41) is 13.1. The van der Waals surface area contributed by atoms with Crippen molar-refractivity contribution in [3.8, 4) is 5.69 Å². The lowest BCUT2D eigenvalue weighted by Crippen LogP contribution is -2.31. The highest BCUT2D eigenvalue weighted by Gasteiger charge is 2.18. The number of fused-ring (bicyclic) bond motifs is 1. The van der Waals surface area contributed by atoms with Crippen molar-refractivity contribution in [3.63, 3.8) is 0 Å². The minimum Gasteiger partial charge on any atom is -0.350 e. The minimum absolute atomic E-state index is 0.217. The van der Waals surface area contributed by atoms with Gasteiger partial charge in [0.1, 0.15) is 0 Å². The van der Waals surface area contributed by atoms with Gasteiger partial charge in [-0.25, -0.2) is 4.68 Å². The fourth-order valence-electron chi connectivity index (χ4n) is 2.49. The van der Waals surface area contributed by atoms with Crippen LogP contribution in [0.1, 0.15) is 23.1 Å². The molecule has 2 aromatic heterocycles. The topological polar surface area (TPSA) is 98.7 Å². The highest BCUT2D eigenvalue weighted by atomic mass is 16.2. The molecule has 0 saturated heterocycles. The number of hydrogen-bond acceptors (Lipinski definition) is 5. The van der Waals surface area contributed by atoms with Crippen LogP contribution in [0.2, 0.25) is 0 Å². The molecule has 0 aliphatic carbocycles. The third kappa shape index (κ3) is 2.98. The number of carbonyl (C=O) groups excluding carboxylic acids is 1. The van der Waals surface area contributed by atoms with Crippen LogP contribution in [0, 0.1) is 12.8 Å². The van der Waals surface area contributed by atoms with Crippen molar-refractivity contribution < 1.29 is 4.79 Å². The van der Waals surface area contributed by atoms with E-state index in [4.69, 9.17) is 5.73 Å². The Kier molecular flexibility index (Phi) is 4.52. The molecule has 0 aliphatic heterocycles. The summed E-state index contributed by atoms with van der Waals surface area (Å²) in [6.45, 7) is 4.85. The van der Waals surface area contributed by atoms with E-state index in [0.717, 1.165) is 16.5 Å². The summed E-state index contributed by atoms with van der Waals surface area (Å²) in [7, 11) is 0. The Morgan fingerprint density at radius 2 is 2.21 bits per heavy atom. The second kappa shape index (κ2) is 6.76. The molecule has 0 saturated carbocycles. The molecule has 7 nitrogen and oxygen atoms in total. The maximum Gasteiger partial charge on any atom is 0.273 e. The fourth-order valence-corrected chi connectivity index (χ4v) is 2.49. The van der Waals surface area contributed by atoms with Gasteiger partial charge in [-0.2, -0.15) is 0 Å². The summed E-state index contributed by atoms with van der Waals surface area (Å²) >= 11 is 0. The zero-order chi connectivity index (χ0) is 17.1. The SMILES string of the molecule is Cc1c(C(=O)NCC(C)CN)nnn1-c1cccc2cnccc12. The molecule has 24 heavy (non-hydrogen) atoms. The molecule has 1 unspecified atom stereocenters. The molecular weight excluding hydrogens is 304 g/mol. The van der Waals surface area contributed by atoms with Gasteiger partial charge in [0.05, 0.1) is 11.4 Å². The number of pyridine rings is 1. The van der Waals surface area contributed by atoms with E-state index in [1.807, 2.05) is 38.1 Å². The van der Waals surface area contributed by atoms with Crippen molar-refractivity contribution >= 4 is 16.7 Å². The van der Waals surface area contributed by atoms with E-state index in [2.05, 4.69) is 20.6 Å². The van der Waals surface area contributed by atoms with Crippen LogP contribution >= 0.6 is 0 Å². The second-order valence-corrected chi connectivity index (χ2v) is 5.86. The standard InChI is InChI=1S/C17H20N6O/c1-11(8-18)9-20-17(24)16-12(2)23(22-21-16)15-5-3-4-13-10-19-7-6-14(13)15/h3-7,10-11H,8-9,18H2,1-2H3,(H,20,24). The number of amides is 1. The number of carbonyl (C=O) groups is 1. The summed E-state index contributed by atoms with van der Waals surface area (Å²) in [4.78, 5) is 16.4. The zero-order valence-corrected chi connectivity index (χ0v) is 13.7. The number of nitrogens with two attached hydrogens (primary N) is 1. The summed E-state index contributed by atoms with van der Waals surface area (Å²) in [5.41, 5.74) is 7.46. The Bertz CT molecular complexity index is 867. The molecule has 0 aliphatic rings. The number of benzene rings is 1. The predicted molar refractivity (Wildman–Crippen MR) is 91.9 cm³/mol. The third-order valence-corrected chi connectivity index (χ3v) is 4.01. The first-order valence-electron chi connectivity index (χ1n) is 7.85. The molecule has 0 bridgehead atoms. The van der Waals surface area contributed by atoms with Crippen molar-refractivity contribution in [1.82, 2.24) is 25.3 Å². The van der Waals surface area contributed by atoms with Gasteiger partial charge in [0.15, 0.2) is 5.69 Å². The Morgan fingerprint density at radius 3 is 3.00 bits per heavy atom. The van der Waals surface area contributed by atoms with E-state index >= 15 is 0 Å². The van der Waals surface area contributed by atoms with E-state index in [9.17, 15) is 4.79 Å². The first-order chi connectivity index (χ1) is 11.6. The second-order valence-electron chi connectivity index (χ2n) is 5.86. The number of hydrogen-bond donors (Lipinski definition) is 2. The van der Waals surface area contributed by atoms with Crippen LogP contribution < -0.4 is 11.1 Å². The van der Waals surface area contributed by atoms with Crippen LogP contribution in [0.5, 0.6) is 0 Å². The normalized spacial score (nSPS) is 12.3. The Morgan fingerprint density at radius 1 is 1.38 bits per heavy atom. The molecular formula is C17H20N6O. The van der Waals surface area contributed by atoms with E-state index in [0.29, 0.717) is 24.5 Å². The number of nitrogens with zero attached hydrogens (tertiary/aromatic N) is 4. The Labute approximate surface area is 139 Å². The van der Waals surface area contributed by atoms with Gasteiger partial charge >= 0.3 is 0 Å². The summed E-state index contributed by atoms with van der Waals surface area (Å²) in [5.74, 6) is -0.0178. The maximum absolute atomic E-state index is 12.3. The average Bonchev–Trinajstić information content (AvgIpc) is 3.00. The van der Waals surface area contributed by atoms with Gasteiger partial charge in [0.25, 0.3) is 5.91 Å². The maximum atomic E-state index is 12.3. The lowest BCUT2D eigenvalue weighted by molar-refractivity contribution is 0.0943. The highest BCUT2D eigenvalue weighted by molar-refractivity contribution is 5.94. The van der Waals surface area contributed by atoms with E-state index in [-0.39, 0.29) is 11.8 Å². The smallest absolute Gasteiger partial charge is 0.273 e. The molecule has 3 aromatic rings. The third-order valence-electron chi connectivity index (χ3n) is 4.01. The molecule has 124 valence electrons. The summed E-state index contributed by atoms with van der Waals surface area (Å²) < 4.78 is 1.68. The van der Waals surface area contributed by atoms with Crippen LogP contribution in [0.15, 0.2) is 36.7 Å². The van der Waals surface area contributed by atoms with Gasteiger partial charge in [-0.3, -0.25) is 9.78 Å². The Balaban J connectivity index is 1.93. The van der Waals surface area contributed by atoms with Crippen molar-refractivity contribution in [2.75, 3.05) is 13.1 Å². The molecule has 3 rings (SSSR count). The lowest BCUT2D eigenvalue weighted by Gasteiger charge is -2.10. The average molecular weight is 324 g/mol. The molecule has 2 heterocycles. The van der Waals surface area contributed by atoms with Gasteiger partial charge in [0.2, 0.25) is 0 Å². The number of aromatic nitrogens is 4. The monoisotopic (exact) mass is 324 g/mol. The summed E-state index contributed by atoms with van der Waals surface area (Å²) in [6, 6.07) is 7.79. The molecule has 0 spiro atoms. The molecule has 1 amide bonds. The van der Waals surface area contributed by atoms with Gasteiger partial charge in [-0.1, -0.05) is 24.3 Å². The van der Waals surface area contributed by atoms with Gasteiger partial charge in [-0.05, 0) is 31.5 Å². The van der Waals surface area contributed by atoms with Gasteiger partial charge in [0, 0.05) is 29.7 Å². The predicted octanol–water partition coefficient (Wildman–Crippen LogP) is 1.45. The van der Waals surface area contributed by atoms with Crippen LogP contribution in [-0.4, -0.2) is 39.0 Å². The van der Waals surface area contributed by atoms with Crippen LogP contribution in [-0.2, 0) is 0 Å². The van der Waals surface area contributed by atoms with E-state index in [1.165, 1.54) is 0 Å². The molecule has 0 radical (unpaired) electrons. The van der Waals surface area contributed by atoms with Crippen molar-refractivity contribution in [2.45, 2.75) is 13.8 Å². The van der Waals surface area contributed by atoms with Crippen molar-refractivity contribution in [2.24, 2.45) is 11.7 Å². The largest absolute Gasteiger partial charge is 0.350 e. The highest BCUT2D eigenvalue weighted by Crippen LogP contribution is 2.22. The van der Waals surface area contributed by atoms with Crippen LogP contribution in [0.4, 0.5) is 0 Å². The quantitative estimate of drug-likeness (QED) is 0.740. The first-order valence-corrected chi connectivity index (χ1v) is 7.85. The fraction of sp³-hybridized carbons (Fsp3) is 0.294. The van der Waals surface area contributed by atoms with Gasteiger partial charge < -0.3 is 11.1 Å². The minimum atomic E-state index is -0.235. The zero-order valence-electron chi connectivity index (χ0n) is 13.7. The summed E-state index contributed by atoms with van der Waals surface area (Å²) in [6.07, 6.45) is 3.53. The lowest BCUT2D eigenvalue weighted by atomic mass is 10.1. The van der Waals surface area contributed by atoms with Crippen molar-refractivity contribution in [3.05, 3.63) is 48.0 Å². The van der Waals surface area contributed by atoms with Crippen LogP contribution in [0.25, 0.3) is 16.5 Å². The number of rotatable bonds is 5. The molecule has 3 N–H and O–H groups in total. The van der Waals surface area contributed by atoms with Crippen molar-refractivity contribution in [1.29, 1.82) is 0 Å². The van der Waals surface area contributed by atoms with E-state index in [1.54, 1.807) is 17.1 Å². The van der Waals surface area contributed by atoms with E-state index < -0.39 is 0 Å². The van der Waals surface area contributed by atoms with Crippen LogP contribution in [0.3, 0.4) is 0 Å². The molecule has 7 heteroatoms.